The highest BCUT2D eigenvalue weighted by molar-refractivity contribution is 14.0. The minimum atomic E-state index is 0. The Kier molecular flexibility index (Phi) is 7.66. The van der Waals surface area contributed by atoms with Crippen molar-refractivity contribution in [3.05, 3.63) is 66.2 Å². The molecule has 1 fully saturated rings. The van der Waals surface area contributed by atoms with Gasteiger partial charge in [-0.1, -0.05) is 24.3 Å². The quantitative estimate of drug-likeness (QED) is 0.306. The molecule has 1 saturated heterocycles. The van der Waals surface area contributed by atoms with Crippen molar-refractivity contribution >= 4 is 41.5 Å². The highest BCUT2D eigenvalue weighted by Gasteiger charge is 2.27. The van der Waals surface area contributed by atoms with E-state index < -0.39 is 0 Å². The van der Waals surface area contributed by atoms with E-state index in [9.17, 15) is 4.79 Å². The van der Waals surface area contributed by atoms with Crippen LogP contribution in [0.15, 0.2) is 60.1 Å². The monoisotopic (exact) mass is 534 g/mol. The van der Waals surface area contributed by atoms with Crippen molar-refractivity contribution in [1.82, 2.24) is 29.8 Å². The van der Waals surface area contributed by atoms with Crippen LogP contribution >= 0.6 is 24.0 Å². The summed E-state index contributed by atoms with van der Waals surface area (Å²) in [5, 5.41) is 11.9. The number of hydrogen-bond donors (Lipinski definition) is 1. The Labute approximate surface area is 198 Å². The molecule has 1 aliphatic rings. The lowest BCUT2D eigenvalue weighted by Gasteiger charge is -2.35. The second-order valence-corrected chi connectivity index (χ2v) is 7.21. The van der Waals surface area contributed by atoms with Gasteiger partial charge in [-0.05, 0) is 17.2 Å². The molecule has 1 N–H and O–H groups in total. The lowest BCUT2D eigenvalue weighted by Crippen LogP contribution is -2.55. The first-order valence-electron chi connectivity index (χ1n) is 9.93. The molecule has 0 bridgehead atoms. The summed E-state index contributed by atoms with van der Waals surface area (Å²) < 4.78 is 3.61. The Morgan fingerprint density at radius 2 is 1.97 bits per heavy atom. The molecule has 10 heteroatoms. The number of aryl methyl sites for hydroxylation is 1. The molecule has 0 atom stereocenters. The van der Waals surface area contributed by atoms with Gasteiger partial charge in [-0.2, -0.15) is 10.2 Å². The van der Waals surface area contributed by atoms with Gasteiger partial charge in [0.25, 0.3) is 0 Å². The summed E-state index contributed by atoms with van der Waals surface area (Å²) in [6, 6.07) is 10.2. The zero-order valence-corrected chi connectivity index (χ0v) is 20.0. The minimum absolute atomic E-state index is 0. The zero-order chi connectivity index (χ0) is 20.9. The molecule has 0 aliphatic carbocycles. The van der Waals surface area contributed by atoms with Crippen LogP contribution in [-0.4, -0.2) is 63.0 Å². The van der Waals surface area contributed by atoms with Gasteiger partial charge in [0, 0.05) is 52.3 Å². The second kappa shape index (κ2) is 10.4. The van der Waals surface area contributed by atoms with Crippen LogP contribution < -0.4 is 10.2 Å². The summed E-state index contributed by atoms with van der Waals surface area (Å²) in [6.45, 7) is 2.92. The number of carbonyl (C=O) groups excluding carboxylic acids is 1. The Balaban J connectivity index is 0.00000272. The van der Waals surface area contributed by atoms with Crippen molar-refractivity contribution in [1.29, 1.82) is 0 Å². The van der Waals surface area contributed by atoms with Crippen molar-refractivity contribution in [2.24, 2.45) is 12.0 Å². The third-order valence-electron chi connectivity index (χ3n) is 5.18. The van der Waals surface area contributed by atoms with Gasteiger partial charge in [0.2, 0.25) is 5.91 Å². The number of rotatable bonds is 5. The Hall–Kier alpha value is -2.89. The number of guanidine groups is 1. The second-order valence-electron chi connectivity index (χ2n) is 7.21. The topological polar surface area (TPSA) is 83.6 Å². The molecule has 0 spiro atoms. The van der Waals surface area contributed by atoms with E-state index in [4.69, 9.17) is 0 Å². The van der Waals surface area contributed by atoms with Crippen LogP contribution in [0.25, 0.3) is 0 Å². The fraction of sp³-hybridized carbons (Fsp3) is 0.333. The van der Waals surface area contributed by atoms with E-state index in [1.54, 1.807) is 29.0 Å². The molecule has 2 aromatic heterocycles. The number of anilines is 1. The molecule has 0 unspecified atom stereocenters. The van der Waals surface area contributed by atoms with Gasteiger partial charge in [-0.15, -0.1) is 24.0 Å². The van der Waals surface area contributed by atoms with Gasteiger partial charge in [0.1, 0.15) is 6.54 Å². The van der Waals surface area contributed by atoms with Crippen LogP contribution in [0.3, 0.4) is 0 Å². The SMILES string of the molecule is CN=C(NCc1ccccc1Cn1cccn1)N1CCN(c2cnn(C)c2)C(=O)C1.I. The first-order valence-corrected chi connectivity index (χ1v) is 9.93. The first-order chi connectivity index (χ1) is 14.6. The van der Waals surface area contributed by atoms with Crippen molar-refractivity contribution in [2.45, 2.75) is 13.1 Å². The summed E-state index contributed by atoms with van der Waals surface area (Å²) >= 11 is 0. The molecule has 1 aromatic carbocycles. The van der Waals surface area contributed by atoms with Crippen molar-refractivity contribution < 1.29 is 4.79 Å². The van der Waals surface area contributed by atoms with Gasteiger partial charge < -0.3 is 15.1 Å². The largest absolute Gasteiger partial charge is 0.352 e. The number of benzene rings is 1. The van der Waals surface area contributed by atoms with Crippen molar-refractivity contribution in [3.63, 3.8) is 0 Å². The van der Waals surface area contributed by atoms with Crippen molar-refractivity contribution in [3.8, 4) is 0 Å². The Bertz CT molecular complexity index is 1030. The molecule has 3 aromatic rings. The number of amides is 1. The average molecular weight is 534 g/mol. The van der Waals surface area contributed by atoms with Crippen LogP contribution in [0.4, 0.5) is 5.69 Å². The number of halogens is 1. The summed E-state index contributed by atoms with van der Waals surface area (Å²) in [4.78, 5) is 20.9. The van der Waals surface area contributed by atoms with E-state index in [2.05, 4.69) is 32.6 Å². The van der Waals surface area contributed by atoms with E-state index in [0.717, 1.165) is 11.6 Å². The van der Waals surface area contributed by atoms with Gasteiger partial charge >= 0.3 is 0 Å². The maximum absolute atomic E-state index is 12.7. The van der Waals surface area contributed by atoms with Gasteiger partial charge in [-0.3, -0.25) is 19.2 Å². The van der Waals surface area contributed by atoms with Gasteiger partial charge in [0.05, 0.1) is 18.4 Å². The van der Waals surface area contributed by atoms with Crippen LogP contribution in [0.5, 0.6) is 0 Å². The van der Waals surface area contributed by atoms with E-state index >= 15 is 0 Å². The maximum Gasteiger partial charge on any atom is 0.246 e. The molecule has 4 rings (SSSR count). The molecule has 3 heterocycles. The molecule has 9 nitrogen and oxygen atoms in total. The highest BCUT2D eigenvalue weighted by atomic mass is 127. The normalized spacial score (nSPS) is 14.5. The molecular formula is C21H27IN8O. The predicted octanol–water partition coefficient (Wildman–Crippen LogP) is 1.71. The van der Waals surface area contributed by atoms with E-state index in [-0.39, 0.29) is 36.4 Å². The number of aromatic nitrogens is 4. The fourth-order valence-corrected chi connectivity index (χ4v) is 3.63. The molecule has 31 heavy (non-hydrogen) atoms. The summed E-state index contributed by atoms with van der Waals surface area (Å²) in [5.41, 5.74) is 3.20. The van der Waals surface area contributed by atoms with Crippen LogP contribution in [0.1, 0.15) is 11.1 Å². The van der Waals surface area contributed by atoms with Gasteiger partial charge in [0.15, 0.2) is 5.96 Å². The average Bonchev–Trinajstić information content (AvgIpc) is 3.41. The summed E-state index contributed by atoms with van der Waals surface area (Å²) in [5.74, 6) is 0.763. The standard InChI is InChI=1S/C21H26N8O.HI/c1-22-21(27-10-11-29(20(30)16-27)19-13-25-26(2)15-19)23-12-17-6-3-4-7-18(17)14-28-9-5-8-24-28;/h3-9,13,15H,10-12,14,16H2,1-2H3,(H,22,23);1H. The highest BCUT2D eigenvalue weighted by Crippen LogP contribution is 2.16. The smallest absolute Gasteiger partial charge is 0.246 e. The third kappa shape index (κ3) is 5.43. The first kappa shape index (κ1) is 22.8. The number of aliphatic imine (C=N–C) groups is 1. The van der Waals surface area contributed by atoms with Crippen LogP contribution in [0, 0.1) is 0 Å². The Morgan fingerprint density at radius 1 is 1.16 bits per heavy atom. The molecule has 1 amide bonds. The maximum atomic E-state index is 12.7. The molecule has 0 radical (unpaired) electrons. The van der Waals surface area contributed by atoms with E-state index in [1.807, 2.05) is 47.2 Å². The van der Waals surface area contributed by atoms with Crippen LogP contribution in [-0.2, 0) is 24.9 Å². The van der Waals surface area contributed by atoms with E-state index in [1.165, 1.54) is 11.1 Å². The lowest BCUT2D eigenvalue weighted by molar-refractivity contribution is -0.120. The molecule has 0 saturated carbocycles. The molecule has 164 valence electrons. The molecular weight excluding hydrogens is 507 g/mol. The number of nitrogens with zero attached hydrogens (tertiary/aromatic N) is 7. The molecule has 1 aliphatic heterocycles. The van der Waals surface area contributed by atoms with E-state index in [0.29, 0.717) is 26.2 Å². The number of nitrogens with one attached hydrogen (secondary N) is 1. The fourth-order valence-electron chi connectivity index (χ4n) is 3.63. The third-order valence-corrected chi connectivity index (χ3v) is 5.18. The predicted molar refractivity (Wildman–Crippen MR) is 131 cm³/mol. The summed E-state index contributed by atoms with van der Waals surface area (Å²) in [7, 11) is 3.59. The number of hydrogen-bond acceptors (Lipinski definition) is 4. The summed E-state index contributed by atoms with van der Waals surface area (Å²) in [6.07, 6.45) is 7.32. The number of piperazine rings is 1. The lowest BCUT2D eigenvalue weighted by atomic mass is 10.1. The number of carbonyl (C=O) groups is 1. The zero-order valence-electron chi connectivity index (χ0n) is 17.7. The minimum Gasteiger partial charge on any atom is -0.352 e. The van der Waals surface area contributed by atoms with Crippen molar-refractivity contribution in [2.75, 3.05) is 31.6 Å². The van der Waals surface area contributed by atoms with Crippen LogP contribution in [0.2, 0.25) is 0 Å². The Morgan fingerprint density at radius 3 is 2.61 bits per heavy atom. The van der Waals surface area contributed by atoms with Gasteiger partial charge in [-0.25, -0.2) is 0 Å².